The molecular weight excluding hydrogens is 170 g/mol. The molecule has 0 atom stereocenters. The highest BCUT2D eigenvalue weighted by Gasteiger charge is 2.32. The van der Waals surface area contributed by atoms with Gasteiger partial charge in [0, 0.05) is 0 Å². The van der Waals surface area contributed by atoms with Crippen molar-refractivity contribution in [2.24, 2.45) is 0 Å². The Balaban J connectivity index is 3.79. The number of alkyl halides is 1. The Hall–Kier alpha value is -0.200. The van der Waals surface area contributed by atoms with E-state index >= 15 is 0 Å². The van der Waals surface area contributed by atoms with Crippen LogP contribution in [0, 0.1) is 10.1 Å². The molecule has 42 valence electrons. The predicted octanol–water partition coefficient (Wildman–Crippen LogP) is -0.746. The second-order valence-corrected chi connectivity index (χ2v) is 1.87. The summed E-state index contributed by atoms with van der Waals surface area (Å²) in [4.78, 5) is 5.03. The molecule has 0 amide bonds. The SMILES string of the molecule is O=[N+]([O-])C(O)(O)Br. The molecule has 0 aromatic heterocycles. The second-order valence-electron chi connectivity index (χ2n) is 0.811. The van der Waals surface area contributed by atoms with E-state index in [1.54, 1.807) is 0 Å². The largest absolute Gasteiger partial charge is 0.495 e. The molecule has 0 fully saturated rings. The molecule has 0 aliphatic rings. The highest BCUT2D eigenvalue weighted by atomic mass is 79.9. The van der Waals surface area contributed by atoms with Gasteiger partial charge in [0.15, 0.2) is 0 Å². The van der Waals surface area contributed by atoms with E-state index in [-0.39, 0.29) is 0 Å². The van der Waals surface area contributed by atoms with Crippen LogP contribution in [-0.2, 0) is 0 Å². The lowest BCUT2D eigenvalue weighted by molar-refractivity contribution is -0.639. The molecule has 7 heavy (non-hydrogen) atoms. The molecule has 0 heterocycles. The van der Waals surface area contributed by atoms with E-state index in [4.69, 9.17) is 10.2 Å². The smallest absolute Gasteiger partial charge is 0.297 e. The van der Waals surface area contributed by atoms with Crippen molar-refractivity contribution < 1.29 is 15.1 Å². The number of hydrogen-bond acceptors (Lipinski definition) is 4. The number of rotatable bonds is 1. The molecule has 0 saturated carbocycles. The third-order valence-electron chi connectivity index (χ3n) is 0.232. The Morgan fingerprint density at radius 2 is 1.86 bits per heavy atom. The summed E-state index contributed by atoms with van der Waals surface area (Å²) in [5.74, 6) is 0. The standard InChI is InChI=1S/CH2BrNO4/c2-1(4,5)3(6)7/h4-5H. The summed E-state index contributed by atoms with van der Waals surface area (Å²) < 4.78 is 0. The van der Waals surface area contributed by atoms with E-state index in [2.05, 4.69) is 0 Å². The maximum atomic E-state index is 9.28. The summed E-state index contributed by atoms with van der Waals surface area (Å²) in [6.07, 6.45) is 0. The van der Waals surface area contributed by atoms with Gasteiger partial charge in [-0.25, -0.2) is 0 Å². The van der Waals surface area contributed by atoms with Gasteiger partial charge in [-0.2, -0.15) is 0 Å². The van der Waals surface area contributed by atoms with Gasteiger partial charge in [-0.15, -0.1) is 0 Å². The molecule has 0 aromatic rings. The Kier molecular flexibility index (Phi) is 1.68. The summed E-state index contributed by atoms with van der Waals surface area (Å²) >= 11 is 1.95. The molecule has 0 bridgehead atoms. The molecule has 0 aromatic carbocycles. The maximum Gasteiger partial charge on any atom is 0.495 e. The van der Waals surface area contributed by atoms with Gasteiger partial charge in [0.05, 0.1) is 20.9 Å². The summed E-state index contributed by atoms with van der Waals surface area (Å²) in [5, 5.41) is 25.0. The van der Waals surface area contributed by atoms with Gasteiger partial charge in [0.1, 0.15) is 0 Å². The van der Waals surface area contributed by atoms with E-state index < -0.39 is 9.74 Å². The molecular formula is CH2BrNO4. The third kappa shape index (κ3) is 2.49. The molecule has 2 N–H and O–H groups in total. The highest BCUT2D eigenvalue weighted by Crippen LogP contribution is 2.07. The van der Waals surface area contributed by atoms with Crippen LogP contribution < -0.4 is 0 Å². The number of halogens is 1. The fourth-order valence-electron chi connectivity index (χ4n) is 0. The first-order valence-electron chi connectivity index (χ1n) is 1.22. The van der Waals surface area contributed by atoms with Gasteiger partial charge in [-0.05, 0) is 0 Å². The van der Waals surface area contributed by atoms with Crippen LogP contribution in [0.1, 0.15) is 0 Å². The van der Waals surface area contributed by atoms with Crippen molar-refractivity contribution >= 4 is 15.9 Å². The average Bonchev–Trinajstić information content (AvgIpc) is 1.31. The fourth-order valence-corrected chi connectivity index (χ4v) is 0. The minimum Gasteiger partial charge on any atom is -0.297 e. The van der Waals surface area contributed by atoms with E-state index in [0.29, 0.717) is 0 Å². The fraction of sp³-hybridized carbons (Fsp3) is 1.00. The first kappa shape index (κ1) is 6.80. The zero-order chi connectivity index (χ0) is 6.08. The quantitative estimate of drug-likeness (QED) is 0.179. The topological polar surface area (TPSA) is 83.6 Å². The van der Waals surface area contributed by atoms with Crippen molar-refractivity contribution in [2.45, 2.75) is 4.82 Å². The minimum absolute atomic E-state index is 1.28. The molecule has 5 nitrogen and oxygen atoms in total. The van der Waals surface area contributed by atoms with Crippen LogP contribution in [-0.4, -0.2) is 20.0 Å². The molecule has 0 aliphatic heterocycles. The van der Waals surface area contributed by atoms with E-state index in [0.717, 1.165) is 0 Å². The summed E-state index contributed by atoms with van der Waals surface area (Å²) in [7, 11) is 0. The van der Waals surface area contributed by atoms with Gasteiger partial charge in [0.2, 0.25) is 0 Å². The first-order chi connectivity index (χ1) is 2.94. The molecule has 0 rings (SSSR count). The van der Waals surface area contributed by atoms with E-state index in [9.17, 15) is 10.1 Å². The van der Waals surface area contributed by atoms with Crippen molar-refractivity contribution in [3.05, 3.63) is 10.1 Å². The second kappa shape index (κ2) is 1.73. The normalized spacial score (nSPS) is 11.3. The van der Waals surface area contributed by atoms with Crippen molar-refractivity contribution in [2.75, 3.05) is 0 Å². The maximum absolute atomic E-state index is 9.28. The predicted molar refractivity (Wildman–Crippen MR) is 23.1 cm³/mol. The Morgan fingerprint density at radius 3 is 1.86 bits per heavy atom. The molecule has 0 radical (unpaired) electrons. The molecule has 0 aliphatic carbocycles. The van der Waals surface area contributed by atoms with Gasteiger partial charge >= 0.3 is 4.82 Å². The first-order valence-corrected chi connectivity index (χ1v) is 2.02. The molecule has 0 unspecified atom stereocenters. The molecule has 0 saturated heterocycles. The van der Waals surface area contributed by atoms with Crippen LogP contribution in [0.15, 0.2) is 0 Å². The number of aliphatic hydroxyl groups is 2. The van der Waals surface area contributed by atoms with Gasteiger partial charge in [-0.1, -0.05) is 0 Å². The average molecular weight is 172 g/mol. The van der Waals surface area contributed by atoms with E-state index in [1.165, 1.54) is 0 Å². The van der Waals surface area contributed by atoms with Crippen LogP contribution in [0.2, 0.25) is 0 Å². The zero-order valence-corrected chi connectivity index (χ0v) is 4.62. The van der Waals surface area contributed by atoms with Crippen LogP contribution in [0.3, 0.4) is 0 Å². The Bertz CT molecular complexity index is 84.2. The van der Waals surface area contributed by atoms with Gasteiger partial charge in [-0.3, -0.25) is 20.3 Å². The monoisotopic (exact) mass is 171 g/mol. The summed E-state index contributed by atoms with van der Waals surface area (Å²) in [6, 6.07) is 0. The van der Waals surface area contributed by atoms with E-state index in [1.807, 2.05) is 15.9 Å². The third-order valence-corrected chi connectivity index (χ3v) is 0.522. The zero-order valence-electron chi connectivity index (χ0n) is 3.04. The van der Waals surface area contributed by atoms with Crippen molar-refractivity contribution in [1.29, 1.82) is 0 Å². The lowest BCUT2D eigenvalue weighted by Crippen LogP contribution is -2.29. The number of nitrogens with zero attached hydrogens (tertiary/aromatic N) is 1. The van der Waals surface area contributed by atoms with Crippen LogP contribution in [0.5, 0.6) is 0 Å². The van der Waals surface area contributed by atoms with Crippen LogP contribution in [0.4, 0.5) is 0 Å². The van der Waals surface area contributed by atoms with Crippen molar-refractivity contribution in [1.82, 2.24) is 0 Å². The Morgan fingerprint density at radius 1 is 1.71 bits per heavy atom. The highest BCUT2D eigenvalue weighted by molar-refractivity contribution is 9.09. The van der Waals surface area contributed by atoms with Gasteiger partial charge in [0.25, 0.3) is 0 Å². The van der Waals surface area contributed by atoms with Crippen LogP contribution >= 0.6 is 15.9 Å². The number of hydrogen-bond donors (Lipinski definition) is 2. The Labute approximate surface area is 46.8 Å². The number of nitro groups is 1. The summed E-state index contributed by atoms with van der Waals surface area (Å²) in [5.41, 5.74) is 0. The lowest BCUT2D eigenvalue weighted by atomic mass is 11.2. The van der Waals surface area contributed by atoms with Crippen molar-refractivity contribution in [3.63, 3.8) is 0 Å². The molecule has 6 heteroatoms. The minimum atomic E-state index is -2.97. The van der Waals surface area contributed by atoms with Crippen LogP contribution in [0.25, 0.3) is 0 Å². The van der Waals surface area contributed by atoms with Crippen molar-refractivity contribution in [3.8, 4) is 0 Å². The summed E-state index contributed by atoms with van der Waals surface area (Å²) in [6.45, 7) is 0. The molecule has 0 spiro atoms. The van der Waals surface area contributed by atoms with Gasteiger partial charge < -0.3 is 0 Å². The lowest BCUT2D eigenvalue weighted by Gasteiger charge is -1.99.